The summed E-state index contributed by atoms with van der Waals surface area (Å²) in [5, 5.41) is 2.68. The second kappa shape index (κ2) is 8.79. The summed E-state index contributed by atoms with van der Waals surface area (Å²) in [5.74, 6) is 0.476. The van der Waals surface area contributed by atoms with E-state index < -0.39 is 16.1 Å². The van der Waals surface area contributed by atoms with Crippen molar-refractivity contribution in [1.82, 2.24) is 9.21 Å². The Kier molecular flexibility index (Phi) is 6.07. The summed E-state index contributed by atoms with van der Waals surface area (Å²) in [7, 11) is -3.79. The first-order valence-electron chi connectivity index (χ1n) is 10.3. The highest BCUT2D eigenvalue weighted by Gasteiger charge is 2.34. The number of hydrogen-bond donors (Lipinski definition) is 1. The molecule has 2 aliphatic rings. The Hall–Kier alpha value is -3.11. The van der Waals surface area contributed by atoms with Crippen molar-refractivity contribution in [2.45, 2.75) is 24.8 Å². The summed E-state index contributed by atoms with van der Waals surface area (Å²) in [6.07, 6.45) is -0.671. The number of sulfonamides is 1. The lowest BCUT2D eigenvalue weighted by molar-refractivity contribution is -0.139. The van der Waals surface area contributed by atoms with Crippen LogP contribution in [0.4, 0.5) is 5.69 Å². The topological polar surface area (TPSA) is 105 Å². The highest BCUT2D eigenvalue weighted by molar-refractivity contribution is 7.89. The number of nitrogens with one attached hydrogen (secondary N) is 1. The number of anilines is 1. The van der Waals surface area contributed by atoms with Gasteiger partial charge < -0.3 is 19.7 Å². The molecule has 10 heteroatoms. The first-order valence-corrected chi connectivity index (χ1v) is 11.8. The van der Waals surface area contributed by atoms with E-state index in [4.69, 9.17) is 9.47 Å². The molecule has 2 amide bonds. The third-order valence-electron chi connectivity index (χ3n) is 5.48. The molecule has 0 spiro atoms. The van der Waals surface area contributed by atoms with Crippen LogP contribution in [-0.2, 0) is 19.6 Å². The van der Waals surface area contributed by atoms with Crippen LogP contribution in [0.5, 0.6) is 11.5 Å². The van der Waals surface area contributed by atoms with Gasteiger partial charge in [0.1, 0.15) is 11.5 Å². The fourth-order valence-corrected chi connectivity index (χ4v) is 5.44. The van der Waals surface area contributed by atoms with E-state index in [1.165, 1.54) is 10.4 Å². The third kappa shape index (κ3) is 4.42. The zero-order valence-corrected chi connectivity index (χ0v) is 18.7. The fraction of sp³-hybridized carbons (Fsp3) is 0.364. The van der Waals surface area contributed by atoms with E-state index in [1.54, 1.807) is 36.9 Å². The van der Waals surface area contributed by atoms with Crippen LogP contribution in [0.25, 0.3) is 0 Å². The molecule has 0 aromatic heterocycles. The molecular formula is C22H25N3O6S. The van der Waals surface area contributed by atoms with E-state index >= 15 is 0 Å². The molecule has 1 fully saturated rings. The first kappa shape index (κ1) is 22.1. The van der Waals surface area contributed by atoms with Gasteiger partial charge in [0.05, 0.1) is 10.6 Å². The lowest BCUT2D eigenvalue weighted by Gasteiger charge is -2.35. The van der Waals surface area contributed by atoms with E-state index in [0.717, 1.165) is 0 Å². The molecule has 0 radical (unpaired) electrons. The molecule has 170 valence electrons. The number of hydrogen-bond acceptors (Lipinski definition) is 6. The van der Waals surface area contributed by atoms with Crippen LogP contribution < -0.4 is 14.8 Å². The molecule has 2 aromatic carbocycles. The second-order valence-electron chi connectivity index (χ2n) is 7.75. The minimum Gasteiger partial charge on any atom is -0.482 e. The molecule has 1 saturated heterocycles. The molecule has 0 unspecified atom stereocenters. The number of carbonyl (C=O) groups excluding carboxylic acids is 2. The molecule has 32 heavy (non-hydrogen) atoms. The Morgan fingerprint density at radius 3 is 2.50 bits per heavy atom. The molecule has 2 heterocycles. The normalized spacial score (nSPS) is 17.7. The van der Waals surface area contributed by atoms with Crippen molar-refractivity contribution in [3.8, 4) is 11.5 Å². The number of benzene rings is 2. The second-order valence-corrected chi connectivity index (χ2v) is 9.66. The lowest BCUT2D eigenvalue weighted by atomic mass is 10.2. The number of piperazine rings is 1. The molecule has 2 aliphatic heterocycles. The maximum atomic E-state index is 13.3. The van der Waals surface area contributed by atoms with Crippen molar-refractivity contribution in [2.75, 3.05) is 38.1 Å². The van der Waals surface area contributed by atoms with E-state index in [0.29, 0.717) is 22.7 Å². The van der Waals surface area contributed by atoms with Crippen LogP contribution in [0.1, 0.15) is 12.5 Å². The molecule has 0 bridgehead atoms. The van der Waals surface area contributed by atoms with Crippen LogP contribution in [0.3, 0.4) is 0 Å². The number of fused-ring (bicyclic) bond motifs is 1. The Balaban J connectivity index is 1.42. The zero-order valence-electron chi connectivity index (χ0n) is 17.9. The van der Waals surface area contributed by atoms with Gasteiger partial charge in [-0.25, -0.2) is 8.42 Å². The SMILES string of the molecule is Cc1cc2c(cc1S(=O)(=O)N1CCN(C(=O)[C@@H](C)Oc3ccccc3)CC1)OCC(=O)N2. The molecular weight excluding hydrogens is 434 g/mol. The van der Waals surface area contributed by atoms with Crippen LogP contribution in [0.15, 0.2) is 47.4 Å². The number of nitrogens with zero attached hydrogens (tertiary/aromatic N) is 2. The quantitative estimate of drug-likeness (QED) is 0.729. The van der Waals surface area contributed by atoms with Gasteiger partial charge in [-0.05, 0) is 37.6 Å². The smallest absolute Gasteiger partial charge is 0.263 e. The Bertz CT molecular complexity index is 1130. The summed E-state index contributed by atoms with van der Waals surface area (Å²) in [6, 6.07) is 12.1. The van der Waals surface area contributed by atoms with Gasteiger partial charge in [0.2, 0.25) is 10.0 Å². The van der Waals surface area contributed by atoms with Gasteiger partial charge in [-0.15, -0.1) is 0 Å². The van der Waals surface area contributed by atoms with Gasteiger partial charge in [0, 0.05) is 32.2 Å². The maximum Gasteiger partial charge on any atom is 0.263 e. The van der Waals surface area contributed by atoms with Crippen molar-refractivity contribution in [2.24, 2.45) is 0 Å². The molecule has 2 aromatic rings. The first-order chi connectivity index (χ1) is 15.3. The highest BCUT2D eigenvalue weighted by Crippen LogP contribution is 2.34. The Labute approximate surface area is 187 Å². The van der Waals surface area contributed by atoms with Crippen LogP contribution in [0, 0.1) is 6.92 Å². The summed E-state index contributed by atoms with van der Waals surface area (Å²) >= 11 is 0. The van der Waals surface area contributed by atoms with Gasteiger partial charge in [0.15, 0.2) is 12.7 Å². The minimum atomic E-state index is -3.79. The molecule has 4 rings (SSSR count). The van der Waals surface area contributed by atoms with E-state index in [9.17, 15) is 18.0 Å². The number of carbonyl (C=O) groups is 2. The Morgan fingerprint density at radius 2 is 1.81 bits per heavy atom. The monoisotopic (exact) mass is 459 g/mol. The van der Waals surface area contributed by atoms with Crippen molar-refractivity contribution < 1.29 is 27.5 Å². The number of ether oxygens (including phenoxy) is 2. The maximum absolute atomic E-state index is 13.3. The fourth-order valence-electron chi connectivity index (χ4n) is 3.79. The number of amides is 2. The average molecular weight is 460 g/mol. The van der Waals surface area contributed by atoms with E-state index in [-0.39, 0.29) is 49.5 Å². The van der Waals surface area contributed by atoms with Gasteiger partial charge in [-0.3, -0.25) is 9.59 Å². The zero-order chi connectivity index (χ0) is 22.9. The van der Waals surface area contributed by atoms with Crippen molar-refractivity contribution in [3.05, 3.63) is 48.0 Å². The van der Waals surface area contributed by atoms with Crippen LogP contribution >= 0.6 is 0 Å². The summed E-state index contributed by atoms with van der Waals surface area (Å²) < 4.78 is 39.0. The molecule has 0 saturated carbocycles. The standard InChI is InChI=1S/C22H25N3O6S/c1-15-12-18-19(30-14-21(26)23-18)13-20(15)32(28,29)25-10-8-24(9-11-25)22(27)16(2)31-17-6-4-3-5-7-17/h3-7,12-13,16H,8-11,14H2,1-2H3,(H,23,26)/t16-/m1/s1. The summed E-state index contributed by atoms with van der Waals surface area (Å²) in [4.78, 5) is 26.0. The van der Waals surface area contributed by atoms with Gasteiger partial charge in [-0.2, -0.15) is 4.31 Å². The van der Waals surface area contributed by atoms with Crippen molar-refractivity contribution in [3.63, 3.8) is 0 Å². The largest absolute Gasteiger partial charge is 0.482 e. The highest BCUT2D eigenvalue weighted by atomic mass is 32.2. The minimum absolute atomic E-state index is 0.132. The predicted octanol–water partition coefficient (Wildman–Crippen LogP) is 1.63. The predicted molar refractivity (Wildman–Crippen MR) is 117 cm³/mol. The third-order valence-corrected chi connectivity index (χ3v) is 7.52. The number of rotatable bonds is 5. The van der Waals surface area contributed by atoms with Gasteiger partial charge in [0.25, 0.3) is 11.8 Å². The number of aryl methyl sites for hydroxylation is 1. The molecule has 1 N–H and O–H groups in total. The average Bonchev–Trinajstić information content (AvgIpc) is 2.78. The Morgan fingerprint density at radius 1 is 1.12 bits per heavy atom. The van der Waals surface area contributed by atoms with Crippen molar-refractivity contribution in [1.29, 1.82) is 0 Å². The van der Waals surface area contributed by atoms with Crippen LogP contribution in [0.2, 0.25) is 0 Å². The van der Waals surface area contributed by atoms with Gasteiger partial charge >= 0.3 is 0 Å². The molecule has 9 nitrogen and oxygen atoms in total. The summed E-state index contributed by atoms with van der Waals surface area (Å²) in [6.45, 7) is 4.12. The summed E-state index contributed by atoms with van der Waals surface area (Å²) in [5.41, 5.74) is 0.971. The lowest BCUT2D eigenvalue weighted by Crippen LogP contribution is -2.53. The van der Waals surface area contributed by atoms with E-state index in [1.807, 2.05) is 18.2 Å². The molecule has 0 aliphatic carbocycles. The van der Waals surface area contributed by atoms with Gasteiger partial charge in [-0.1, -0.05) is 18.2 Å². The van der Waals surface area contributed by atoms with Crippen molar-refractivity contribution >= 4 is 27.5 Å². The van der Waals surface area contributed by atoms with Crippen LogP contribution in [-0.4, -0.2) is 68.3 Å². The number of para-hydroxylation sites is 1. The molecule has 1 atom stereocenters. The van der Waals surface area contributed by atoms with E-state index in [2.05, 4.69) is 5.32 Å².